The van der Waals surface area contributed by atoms with E-state index in [2.05, 4.69) is 26.2 Å². The number of halogens is 1. The van der Waals surface area contributed by atoms with E-state index in [-0.39, 0.29) is 5.91 Å². The van der Waals surface area contributed by atoms with E-state index >= 15 is 0 Å². The molecule has 0 aromatic carbocycles. The number of carbonyl (C=O) groups is 1. The van der Waals surface area contributed by atoms with Crippen molar-refractivity contribution in [2.75, 3.05) is 5.32 Å². The first-order valence-corrected chi connectivity index (χ1v) is 6.26. The third-order valence-electron chi connectivity index (χ3n) is 1.48. The summed E-state index contributed by atoms with van der Waals surface area (Å²) in [5.41, 5.74) is 0.668. The van der Waals surface area contributed by atoms with Gasteiger partial charge in [-0.25, -0.2) is 4.98 Å². The first-order chi connectivity index (χ1) is 6.75. The molecule has 6 heteroatoms. The Morgan fingerprint density at radius 1 is 1.57 bits per heavy atom. The number of nitrogens with one attached hydrogen (secondary N) is 1. The van der Waals surface area contributed by atoms with Crippen LogP contribution >= 0.6 is 38.6 Å². The van der Waals surface area contributed by atoms with E-state index in [0.717, 1.165) is 3.79 Å². The van der Waals surface area contributed by atoms with Crippen LogP contribution in [0, 0.1) is 0 Å². The highest BCUT2D eigenvalue weighted by Crippen LogP contribution is 2.23. The average Bonchev–Trinajstić information content (AvgIpc) is 2.75. The summed E-state index contributed by atoms with van der Waals surface area (Å²) in [6.45, 7) is 0. The molecule has 14 heavy (non-hydrogen) atoms. The van der Waals surface area contributed by atoms with E-state index in [9.17, 15) is 4.79 Å². The van der Waals surface area contributed by atoms with Gasteiger partial charge in [0.05, 0.1) is 15.5 Å². The molecule has 2 rings (SSSR count). The largest absolute Gasteiger partial charge is 0.298 e. The molecule has 0 saturated carbocycles. The van der Waals surface area contributed by atoms with Crippen molar-refractivity contribution < 1.29 is 4.79 Å². The first kappa shape index (κ1) is 9.82. The maximum atomic E-state index is 11.5. The molecule has 0 saturated heterocycles. The zero-order chi connectivity index (χ0) is 9.97. The van der Waals surface area contributed by atoms with Crippen molar-refractivity contribution in [1.29, 1.82) is 0 Å². The zero-order valence-electron chi connectivity index (χ0n) is 6.86. The highest BCUT2D eigenvalue weighted by Gasteiger charge is 2.08. The van der Waals surface area contributed by atoms with Gasteiger partial charge in [-0.2, -0.15) is 11.3 Å². The fraction of sp³-hybridized carbons (Fsp3) is 0. The Labute approximate surface area is 96.9 Å². The third-order valence-corrected chi connectivity index (χ3v) is 3.56. The summed E-state index contributed by atoms with van der Waals surface area (Å²) < 4.78 is 0.901. The summed E-state index contributed by atoms with van der Waals surface area (Å²) in [7, 11) is 0. The lowest BCUT2D eigenvalue weighted by Crippen LogP contribution is -2.10. The molecule has 0 bridgehead atoms. The van der Waals surface area contributed by atoms with Gasteiger partial charge < -0.3 is 0 Å². The molecule has 1 N–H and O–H groups in total. The molecule has 0 spiro atoms. The van der Waals surface area contributed by atoms with Gasteiger partial charge in [0.15, 0.2) is 5.13 Å². The van der Waals surface area contributed by atoms with Gasteiger partial charge in [-0.15, -0.1) is 0 Å². The molecule has 2 aromatic rings. The summed E-state index contributed by atoms with van der Waals surface area (Å²) in [5, 5.41) is 6.99. The number of thiophene rings is 1. The van der Waals surface area contributed by atoms with Crippen molar-refractivity contribution in [2.24, 2.45) is 0 Å². The van der Waals surface area contributed by atoms with Crippen LogP contribution in [0.5, 0.6) is 0 Å². The predicted molar refractivity (Wildman–Crippen MR) is 62.1 cm³/mol. The Hall–Kier alpha value is -0.720. The second kappa shape index (κ2) is 4.20. The van der Waals surface area contributed by atoms with Gasteiger partial charge in [0.2, 0.25) is 0 Å². The van der Waals surface area contributed by atoms with Crippen LogP contribution in [0.1, 0.15) is 10.4 Å². The summed E-state index contributed by atoms with van der Waals surface area (Å²) in [6, 6.07) is 1.78. The Bertz CT molecular complexity index is 438. The van der Waals surface area contributed by atoms with Crippen molar-refractivity contribution in [3.63, 3.8) is 0 Å². The molecule has 0 aliphatic carbocycles. The molecular formula is C8H5BrN2OS2. The quantitative estimate of drug-likeness (QED) is 0.922. The summed E-state index contributed by atoms with van der Waals surface area (Å²) in [5.74, 6) is -0.117. The molecule has 3 nitrogen and oxygen atoms in total. The van der Waals surface area contributed by atoms with Crippen molar-refractivity contribution in [3.8, 4) is 0 Å². The lowest BCUT2D eigenvalue weighted by molar-refractivity contribution is 0.102. The van der Waals surface area contributed by atoms with Gasteiger partial charge in [-0.05, 0) is 27.4 Å². The van der Waals surface area contributed by atoms with Crippen LogP contribution in [0.4, 0.5) is 5.13 Å². The fourth-order valence-corrected chi connectivity index (χ4v) is 2.61. The van der Waals surface area contributed by atoms with Crippen molar-refractivity contribution in [3.05, 3.63) is 32.4 Å². The van der Waals surface area contributed by atoms with Gasteiger partial charge in [0, 0.05) is 5.38 Å². The van der Waals surface area contributed by atoms with Crippen LogP contribution in [-0.2, 0) is 0 Å². The number of thiazole rings is 1. The molecule has 0 unspecified atom stereocenters. The molecule has 0 atom stereocenters. The summed E-state index contributed by atoms with van der Waals surface area (Å²) in [4.78, 5) is 15.5. The van der Waals surface area contributed by atoms with Crippen LogP contribution in [0.15, 0.2) is 26.8 Å². The van der Waals surface area contributed by atoms with Gasteiger partial charge in [0.1, 0.15) is 0 Å². The number of hydrogen-bond acceptors (Lipinski definition) is 4. The van der Waals surface area contributed by atoms with E-state index in [0.29, 0.717) is 10.7 Å². The zero-order valence-corrected chi connectivity index (χ0v) is 10.1. The normalized spacial score (nSPS) is 10.1. The SMILES string of the molecule is O=C(Nc1ncc(Br)s1)c1ccsc1. The number of carbonyl (C=O) groups excluding carboxylic acids is 1. The van der Waals surface area contributed by atoms with Crippen LogP contribution < -0.4 is 5.32 Å². The second-order valence-electron chi connectivity index (χ2n) is 2.44. The minimum Gasteiger partial charge on any atom is -0.298 e. The summed E-state index contributed by atoms with van der Waals surface area (Å²) in [6.07, 6.45) is 1.66. The van der Waals surface area contributed by atoms with Gasteiger partial charge in [0.25, 0.3) is 5.91 Å². The maximum Gasteiger partial charge on any atom is 0.258 e. The lowest BCUT2D eigenvalue weighted by atomic mass is 10.3. The van der Waals surface area contributed by atoms with Crippen LogP contribution in [0.3, 0.4) is 0 Å². The molecule has 1 amide bonds. The number of rotatable bonds is 2. The highest BCUT2D eigenvalue weighted by molar-refractivity contribution is 9.11. The van der Waals surface area contributed by atoms with E-state index in [4.69, 9.17) is 0 Å². The minimum atomic E-state index is -0.117. The molecule has 2 heterocycles. The Kier molecular flexibility index (Phi) is 2.95. The Balaban J connectivity index is 2.09. The van der Waals surface area contributed by atoms with E-state index < -0.39 is 0 Å². The van der Waals surface area contributed by atoms with Crippen LogP contribution in [-0.4, -0.2) is 10.9 Å². The molecule has 0 fully saturated rings. The maximum absolute atomic E-state index is 11.5. The van der Waals surface area contributed by atoms with Crippen LogP contribution in [0.25, 0.3) is 0 Å². The average molecular weight is 289 g/mol. The second-order valence-corrected chi connectivity index (χ2v) is 5.63. The standard InChI is InChI=1S/C8H5BrN2OS2/c9-6-3-10-8(14-6)11-7(12)5-1-2-13-4-5/h1-4H,(H,10,11,12). The van der Waals surface area contributed by atoms with Crippen molar-refractivity contribution >= 4 is 49.6 Å². The Morgan fingerprint density at radius 2 is 2.43 bits per heavy atom. The van der Waals surface area contributed by atoms with Crippen molar-refractivity contribution in [1.82, 2.24) is 4.98 Å². The van der Waals surface area contributed by atoms with Gasteiger partial charge in [-0.3, -0.25) is 10.1 Å². The molecule has 0 aliphatic rings. The van der Waals surface area contributed by atoms with E-state index in [1.807, 2.05) is 5.38 Å². The van der Waals surface area contributed by atoms with Gasteiger partial charge >= 0.3 is 0 Å². The first-order valence-electron chi connectivity index (χ1n) is 3.70. The van der Waals surface area contributed by atoms with Crippen LogP contribution in [0.2, 0.25) is 0 Å². The third kappa shape index (κ3) is 2.20. The van der Waals surface area contributed by atoms with Gasteiger partial charge in [-0.1, -0.05) is 11.3 Å². The molecule has 2 aromatic heterocycles. The molecule has 72 valence electrons. The lowest BCUT2D eigenvalue weighted by Gasteiger charge is -1.96. The number of nitrogens with zero attached hydrogens (tertiary/aromatic N) is 1. The number of aromatic nitrogens is 1. The minimum absolute atomic E-state index is 0.117. The topological polar surface area (TPSA) is 42.0 Å². The fourth-order valence-electron chi connectivity index (χ4n) is 0.875. The number of amides is 1. The van der Waals surface area contributed by atoms with E-state index in [1.165, 1.54) is 22.7 Å². The van der Waals surface area contributed by atoms with Crippen molar-refractivity contribution in [2.45, 2.75) is 0 Å². The molecule has 0 aliphatic heterocycles. The van der Waals surface area contributed by atoms with E-state index in [1.54, 1.807) is 17.6 Å². The number of anilines is 1. The molecule has 0 radical (unpaired) electrons. The molecular weight excluding hydrogens is 284 g/mol. The Morgan fingerprint density at radius 3 is 3.00 bits per heavy atom. The highest BCUT2D eigenvalue weighted by atomic mass is 79.9. The number of hydrogen-bond donors (Lipinski definition) is 1. The predicted octanol–water partition coefficient (Wildman–Crippen LogP) is 3.22. The smallest absolute Gasteiger partial charge is 0.258 e. The summed E-state index contributed by atoms with van der Waals surface area (Å²) >= 11 is 6.16. The monoisotopic (exact) mass is 288 g/mol.